The van der Waals surface area contributed by atoms with Gasteiger partial charge in [-0.2, -0.15) is 0 Å². The molecule has 0 bridgehead atoms. The molecule has 1 amide bonds. The first kappa shape index (κ1) is 15.5. The summed E-state index contributed by atoms with van der Waals surface area (Å²) in [5.74, 6) is 0. The number of hydrogen-bond acceptors (Lipinski definition) is 2. The fourth-order valence-corrected chi connectivity index (χ4v) is 3.43. The van der Waals surface area contributed by atoms with Gasteiger partial charge in [-0.3, -0.25) is 4.98 Å². The molecule has 0 spiro atoms. The Morgan fingerprint density at radius 3 is 2.70 bits per heavy atom. The standard InChI is InChI=1S/C19H22N2O2/c1-12-10-14(7-9-20-12)13-4-5-16-15(11-13)6-8-19(2,3)17(16)21-18(22)23/h4-5,7,9-11,17,21H,6,8H2,1-3H3,(H,22,23)/t17-/m1/s1. The molecule has 1 aromatic carbocycles. The largest absolute Gasteiger partial charge is 0.465 e. The van der Waals surface area contributed by atoms with Crippen LogP contribution in [0, 0.1) is 12.3 Å². The quantitative estimate of drug-likeness (QED) is 0.867. The number of hydrogen-bond donors (Lipinski definition) is 2. The molecule has 0 fully saturated rings. The zero-order valence-electron chi connectivity index (χ0n) is 13.8. The van der Waals surface area contributed by atoms with Crippen LogP contribution in [0.25, 0.3) is 11.1 Å². The topological polar surface area (TPSA) is 62.2 Å². The summed E-state index contributed by atoms with van der Waals surface area (Å²) in [7, 11) is 0. The van der Waals surface area contributed by atoms with Crippen molar-refractivity contribution in [3.8, 4) is 11.1 Å². The zero-order chi connectivity index (χ0) is 16.6. The highest BCUT2D eigenvalue weighted by molar-refractivity contribution is 5.68. The van der Waals surface area contributed by atoms with Crippen molar-refractivity contribution in [3.63, 3.8) is 0 Å². The monoisotopic (exact) mass is 310 g/mol. The molecule has 120 valence electrons. The van der Waals surface area contributed by atoms with E-state index in [1.807, 2.05) is 19.2 Å². The van der Waals surface area contributed by atoms with E-state index < -0.39 is 6.09 Å². The van der Waals surface area contributed by atoms with Crippen molar-refractivity contribution < 1.29 is 9.90 Å². The summed E-state index contributed by atoms with van der Waals surface area (Å²) in [5.41, 5.74) is 5.54. The Bertz CT molecular complexity index is 753. The van der Waals surface area contributed by atoms with Crippen molar-refractivity contribution in [3.05, 3.63) is 53.3 Å². The maximum absolute atomic E-state index is 11.2. The third-order valence-corrected chi connectivity index (χ3v) is 4.77. The molecular formula is C19H22N2O2. The van der Waals surface area contributed by atoms with Gasteiger partial charge in [-0.1, -0.05) is 32.0 Å². The summed E-state index contributed by atoms with van der Waals surface area (Å²) in [6.45, 7) is 6.23. The van der Waals surface area contributed by atoms with Gasteiger partial charge in [0.05, 0.1) is 6.04 Å². The smallest absolute Gasteiger partial charge is 0.405 e. The Labute approximate surface area is 136 Å². The summed E-state index contributed by atoms with van der Waals surface area (Å²) in [5, 5.41) is 11.9. The molecule has 23 heavy (non-hydrogen) atoms. The van der Waals surface area contributed by atoms with Crippen LogP contribution in [0.3, 0.4) is 0 Å². The summed E-state index contributed by atoms with van der Waals surface area (Å²) in [6, 6.07) is 10.2. The second kappa shape index (κ2) is 5.69. The SMILES string of the molecule is Cc1cc(-c2ccc3c(c2)CCC(C)(C)[C@@H]3NC(=O)O)ccn1. The number of aromatic nitrogens is 1. The van der Waals surface area contributed by atoms with Crippen molar-refractivity contribution in [1.82, 2.24) is 10.3 Å². The molecule has 4 heteroatoms. The summed E-state index contributed by atoms with van der Waals surface area (Å²) < 4.78 is 0. The van der Waals surface area contributed by atoms with Crippen LogP contribution >= 0.6 is 0 Å². The first-order valence-electron chi connectivity index (χ1n) is 7.92. The van der Waals surface area contributed by atoms with Crippen LogP contribution in [0.15, 0.2) is 36.5 Å². The minimum Gasteiger partial charge on any atom is -0.465 e. The molecule has 1 atom stereocenters. The number of carboxylic acid groups (broad SMARTS) is 1. The summed E-state index contributed by atoms with van der Waals surface area (Å²) >= 11 is 0. The van der Waals surface area contributed by atoms with Crippen LogP contribution in [-0.4, -0.2) is 16.2 Å². The Morgan fingerprint density at radius 2 is 2.00 bits per heavy atom. The molecule has 0 unspecified atom stereocenters. The van der Waals surface area contributed by atoms with Crippen molar-refractivity contribution in [2.45, 2.75) is 39.7 Å². The zero-order valence-corrected chi connectivity index (χ0v) is 13.8. The highest BCUT2D eigenvalue weighted by Gasteiger charge is 2.36. The average molecular weight is 310 g/mol. The predicted octanol–water partition coefficient (Wildman–Crippen LogP) is 4.34. The molecule has 2 aromatic rings. The lowest BCUT2D eigenvalue weighted by Crippen LogP contribution is -2.40. The first-order chi connectivity index (χ1) is 10.9. The fraction of sp³-hybridized carbons (Fsp3) is 0.368. The molecule has 4 nitrogen and oxygen atoms in total. The Balaban J connectivity index is 2.02. The average Bonchev–Trinajstić information content (AvgIpc) is 2.49. The second-order valence-electron chi connectivity index (χ2n) is 6.97. The maximum Gasteiger partial charge on any atom is 0.405 e. The van der Waals surface area contributed by atoms with Gasteiger partial charge in [0, 0.05) is 11.9 Å². The van der Waals surface area contributed by atoms with Gasteiger partial charge in [-0.15, -0.1) is 0 Å². The van der Waals surface area contributed by atoms with E-state index in [1.165, 1.54) is 5.56 Å². The molecule has 0 saturated carbocycles. The number of amides is 1. The molecular weight excluding hydrogens is 288 g/mol. The van der Waals surface area contributed by atoms with Gasteiger partial charge in [-0.25, -0.2) is 4.79 Å². The van der Waals surface area contributed by atoms with Gasteiger partial charge in [0.25, 0.3) is 0 Å². The highest BCUT2D eigenvalue weighted by atomic mass is 16.4. The molecule has 0 aliphatic heterocycles. The van der Waals surface area contributed by atoms with Gasteiger partial charge in [0.1, 0.15) is 0 Å². The number of carbonyl (C=O) groups is 1. The van der Waals surface area contributed by atoms with Crippen LogP contribution in [0.1, 0.15) is 43.1 Å². The number of rotatable bonds is 2. The van der Waals surface area contributed by atoms with Crippen molar-refractivity contribution in [1.29, 1.82) is 0 Å². The van der Waals surface area contributed by atoms with Crippen molar-refractivity contribution >= 4 is 6.09 Å². The molecule has 0 radical (unpaired) electrons. The number of benzene rings is 1. The van der Waals surface area contributed by atoms with Crippen molar-refractivity contribution in [2.24, 2.45) is 5.41 Å². The van der Waals surface area contributed by atoms with Crippen LogP contribution in [0.4, 0.5) is 4.79 Å². The number of nitrogens with one attached hydrogen (secondary N) is 1. The van der Waals surface area contributed by atoms with Crippen molar-refractivity contribution in [2.75, 3.05) is 0 Å². The lowest BCUT2D eigenvalue weighted by Gasteiger charge is -2.40. The van der Waals surface area contributed by atoms with Gasteiger partial charge < -0.3 is 10.4 Å². The van der Waals surface area contributed by atoms with E-state index in [1.54, 1.807) is 0 Å². The summed E-state index contributed by atoms with van der Waals surface area (Å²) in [4.78, 5) is 15.4. The Morgan fingerprint density at radius 1 is 1.26 bits per heavy atom. The van der Waals surface area contributed by atoms with Gasteiger partial charge >= 0.3 is 6.09 Å². The number of pyridine rings is 1. The van der Waals surface area contributed by atoms with E-state index in [-0.39, 0.29) is 11.5 Å². The molecule has 3 rings (SSSR count). The second-order valence-corrected chi connectivity index (χ2v) is 6.97. The molecule has 0 saturated heterocycles. The summed E-state index contributed by atoms with van der Waals surface area (Å²) in [6.07, 6.45) is 2.79. The third kappa shape index (κ3) is 3.07. The number of fused-ring (bicyclic) bond motifs is 1. The minimum atomic E-state index is -0.968. The Kier molecular flexibility index (Phi) is 3.84. The van der Waals surface area contributed by atoms with Gasteiger partial charge in [-0.05, 0) is 59.6 Å². The third-order valence-electron chi connectivity index (χ3n) is 4.77. The fourth-order valence-electron chi connectivity index (χ4n) is 3.43. The molecule has 1 aliphatic rings. The molecule has 2 N–H and O–H groups in total. The van der Waals surface area contributed by atoms with Crippen LogP contribution in [0.5, 0.6) is 0 Å². The maximum atomic E-state index is 11.2. The van der Waals surface area contributed by atoms with E-state index in [0.29, 0.717) is 0 Å². The van der Waals surface area contributed by atoms with Crippen LogP contribution in [-0.2, 0) is 6.42 Å². The number of nitrogens with zero attached hydrogens (tertiary/aromatic N) is 1. The number of aryl methyl sites for hydroxylation is 2. The minimum absolute atomic E-state index is 0.0832. The van der Waals surface area contributed by atoms with Gasteiger partial charge in [0.15, 0.2) is 0 Å². The highest BCUT2D eigenvalue weighted by Crippen LogP contribution is 2.44. The van der Waals surface area contributed by atoms with Gasteiger partial charge in [0.2, 0.25) is 0 Å². The van der Waals surface area contributed by atoms with E-state index in [2.05, 4.69) is 48.4 Å². The van der Waals surface area contributed by atoms with E-state index in [4.69, 9.17) is 5.11 Å². The van der Waals surface area contributed by atoms with Crippen LogP contribution in [0.2, 0.25) is 0 Å². The molecule has 1 aromatic heterocycles. The first-order valence-corrected chi connectivity index (χ1v) is 7.92. The Hall–Kier alpha value is -2.36. The van der Waals surface area contributed by atoms with E-state index >= 15 is 0 Å². The lowest BCUT2D eigenvalue weighted by atomic mass is 9.70. The van der Waals surface area contributed by atoms with E-state index in [0.717, 1.165) is 35.2 Å². The lowest BCUT2D eigenvalue weighted by molar-refractivity contribution is 0.161. The predicted molar refractivity (Wildman–Crippen MR) is 90.4 cm³/mol. The van der Waals surface area contributed by atoms with E-state index in [9.17, 15) is 4.79 Å². The molecule has 1 heterocycles. The van der Waals surface area contributed by atoms with Crippen LogP contribution < -0.4 is 5.32 Å². The normalized spacial score (nSPS) is 19.0. The molecule has 1 aliphatic carbocycles.